The van der Waals surface area contributed by atoms with Gasteiger partial charge in [0.2, 0.25) is 5.91 Å². The predicted octanol–water partition coefficient (Wildman–Crippen LogP) is 0.249. The highest BCUT2D eigenvalue weighted by molar-refractivity contribution is 7.80. The molecule has 63 valence electrons. The van der Waals surface area contributed by atoms with Gasteiger partial charge in [0.25, 0.3) is 0 Å². The lowest BCUT2D eigenvalue weighted by molar-refractivity contribution is -0.124. The van der Waals surface area contributed by atoms with Crippen molar-refractivity contribution in [3.8, 4) is 0 Å². The molecule has 0 heterocycles. The number of nitrogens with one attached hydrogen (secondary N) is 1. The molecule has 4 heteroatoms. The lowest BCUT2D eigenvalue weighted by atomic mass is 9.89. The quantitative estimate of drug-likeness (QED) is 0.601. The Labute approximate surface area is 72.3 Å². The van der Waals surface area contributed by atoms with Gasteiger partial charge < -0.3 is 11.1 Å². The standard InChI is InChI=1S/C7H13N2OS/c1-7(2,6(8)10)4-5(11)9-3/h4H,1-3H3,(H2,8,10)(H,9,11). The maximum Gasteiger partial charge on any atom is 0.223 e. The van der Waals surface area contributed by atoms with Crippen molar-refractivity contribution < 1.29 is 4.79 Å². The third kappa shape index (κ3) is 3.32. The van der Waals surface area contributed by atoms with Crippen LogP contribution in [0.25, 0.3) is 0 Å². The maximum atomic E-state index is 10.8. The molecule has 3 N–H and O–H groups in total. The van der Waals surface area contributed by atoms with Gasteiger partial charge in [0, 0.05) is 13.5 Å². The number of carbonyl (C=O) groups is 1. The van der Waals surface area contributed by atoms with Gasteiger partial charge in [-0.2, -0.15) is 0 Å². The number of thiocarbonyl (C=S) groups is 1. The first kappa shape index (κ1) is 10.4. The summed E-state index contributed by atoms with van der Waals surface area (Å²) in [4.78, 5) is 11.3. The van der Waals surface area contributed by atoms with Crippen molar-refractivity contribution in [1.82, 2.24) is 5.32 Å². The van der Waals surface area contributed by atoms with Gasteiger partial charge in [-0.3, -0.25) is 4.79 Å². The van der Waals surface area contributed by atoms with E-state index in [1.165, 1.54) is 0 Å². The fraction of sp³-hybridized carbons (Fsp3) is 0.571. The van der Waals surface area contributed by atoms with Crippen LogP contribution in [0.3, 0.4) is 0 Å². The van der Waals surface area contributed by atoms with Crippen LogP contribution < -0.4 is 11.1 Å². The highest BCUT2D eigenvalue weighted by Crippen LogP contribution is 2.18. The SMILES string of the molecule is CNC(=S)[CH]C(C)(C)C(N)=O. The molecule has 0 aliphatic carbocycles. The Balaban J connectivity index is 4.12. The fourth-order valence-electron chi connectivity index (χ4n) is 0.471. The average Bonchev–Trinajstić information content (AvgIpc) is 1.86. The van der Waals surface area contributed by atoms with E-state index in [1.807, 2.05) is 0 Å². The Hall–Kier alpha value is -0.640. The molecule has 0 unspecified atom stereocenters. The predicted molar refractivity (Wildman–Crippen MR) is 48.9 cm³/mol. The van der Waals surface area contributed by atoms with E-state index in [-0.39, 0.29) is 5.91 Å². The van der Waals surface area contributed by atoms with E-state index in [4.69, 9.17) is 18.0 Å². The molecule has 3 nitrogen and oxygen atoms in total. The first-order valence-corrected chi connectivity index (χ1v) is 3.68. The van der Waals surface area contributed by atoms with Gasteiger partial charge in [-0.1, -0.05) is 26.1 Å². The summed E-state index contributed by atoms with van der Waals surface area (Å²) in [6.07, 6.45) is 1.63. The second-order valence-electron chi connectivity index (χ2n) is 2.84. The molecule has 0 saturated heterocycles. The Bertz CT molecular complexity index is 177. The average molecular weight is 173 g/mol. The molecule has 0 aromatic heterocycles. The normalized spacial score (nSPS) is 10.8. The molecule has 0 aromatic rings. The van der Waals surface area contributed by atoms with Gasteiger partial charge in [0.15, 0.2) is 0 Å². The van der Waals surface area contributed by atoms with Crippen LogP contribution in [0.2, 0.25) is 0 Å². The van der Waals surface area contributed by atoms with Gasteiger partial charge in [-0.25, -0.2) is 0 Å². The van der Waals surface area contributed by atoms with Crippen LogP contribution in [0, 0.1) is 11.8 Å². The molecule has 1 amide bonds. The minimum absolute atomic E-state index is 0.380. The Morgan fingerprint density at radius 3 is 2.36 bits per heavy atom. The molecule has 11 heavy (non-hydrogen) atoms. The van der Waals surface area contributed by atoms with E-state index in [2.05, 4.69) is 5.32 Å². The summed E-state index contributed by atoms with van der Waals surface area (Å²) in [5, 5.41) is 2.74. The summed E-state index contributed by atoms with van der Waals surface area (Å²) in [7, 11) is 1.70. The summed E-state index contributed by atoms with van der Waals surface area (Å²) in [5.74, 6) is -0.380. The maximum absolute atomic E-state index is 10.8. The first-order chi connectivity index (χ1) is 4.90. The zero-order valence-corrected chi connectivity index (χ0v) is 7.79. The largest absolute Gasteiger partial charge is 0.382 e. The molecule has 0 rings (SSSR count). The lowest BCUT2D eigenvalue weighted by Gasteiger charge is -2.19. The molecule has 1 radical (unpaired) electrons. The topological polar surface area (TPSA) is 55.1 Å². The number of carbonyl (C=O) groups excluding carboxylic acids is 1. The molecular formula is C7H13N2OS. The van der Waals surface area contributed by atoms with Crippen molar-refractivity contribution in [3.63, 3.8) is 0 Å². The summed E-state index contributed by atoms with van der Waals surface area (Å²) >= 11 is 4.85. The van der Waals surface area contributed by atoms with E-state index in [0.29, 0.717) is 4.99 Å². The van der Waals surface area contributed by atoms with Crippen LogP contribution in [-0.2, 0) is 4.79 Å². The summed E-state index contributed by atoms with van der Waals surface area (Å²) in [6, 6.07) is 0. The molecule has 0 aliphatic rings. The molecule has 0 atom stereocenters. The van der Waals surface area contributed by atoms with Crippen LogP contribution in [0.15, 0.2) is 0 Å². The van der Waals surface area contributed by atoms with E-state index in [0.717, 1.165) is 0 Å². The third-order valence-electron chi connectivity index (χ3n) is 1.37. The van der Waals surface area contributed by atoms with Crippen molar-refractivity contribution in [2.24, 2.45) is 11.1 Å². The second-order valence-corrected chi connectivity index (χ2v) is 3.28. The van der Waals surface area contributed by atoms with E-state index in [9.17, 15) is 4.79 Å². The number of amides is 1. The molecular weight excluding hydrogens is 160 g/mol. The second kappa shape index (κ2) is 3.67. The zero-order valence-electron chi connectivity index (χ0n) is 6.97. The van der Waals surface area contributed by atoms with Crippen LogP contribution in [0.5, 0.6) is 0 Å². The van der Waals surface area contributed by atoms with Gasteiger partial charge in [-0.05, 0) is 0 Å². The molecule has 0 bridgehead atoms. The first-order valence-electron chi connectivity index (χ1n) is 3.27. The highest BCUT2D eigenvalue weighted by Gasteiger charge is 2.26. The number of rotatable bonds is 3. The van der Waals surface area contributed by atoms with E-state index in [1.54, 1.807) is 27.3 Å². The van der Waals surface area contributed by atoms with E-state index < -0.39 is 5.41 Å². The third-order valence-corrected chi connectivity index (χ3v) is 1.70. The van der Waals surface area contributed by atoms with Crippen molar-refractivity contribution in [3.05, 3.63) is 6.42 Å². The Morgan fingerprint density at radius 2 is 2.09 bits per heavy atom. The number of primary amides is 1. The number of hydrogen-bond donors (Lipinski definition) is 2. The number of hydrogen-bond acceptors (Lipinski definition) is 2. The van der Waals surface area contributed by atoms with Crippen LogP contribution in [0.4, 0.5) is 0 Å². The van der Waals surface area contributed by atoms with Gasteiger partial charge in [0.05, 0.1) is 10.4 Å². The smallest absolute Gasteiger partial charge is 0.223 e. The van der Waals surface area contributed by atoms with Crippen LogP contribution >= 0.6 is 12.2 Å². The minimum atomic E-state index is -0.667. The fourth-order valence-corrected chi connectivity index (χ4v) is 0.766. The molecule has 0 aromatic carbocycles. The minimum Gasteiger partial charge on any atom is -0.382 e. The molecule has 0 spiro atoms. The lowest BCUT2D eigenvalue weighted by Crippen LogP contribution is -2.36. The van der Waals surface area contributed by atoms with Crippen molar-refractivity contribution in [2.75, 3.05) is 7.05 Å². The van der Waals surface area contributed by atoms with Gasteiger partial charge in [0.1, 0.15) is 0 Å². The summed E-state index contributed by atoms with van der Waals surface area (Å²) in [5.41, 5.74) is 4.45. The van der Waals surface area contributed by atoms with Crippen molar-refractivity contribution in [1.29, 1.82) is 0 Å². The van der Waals surface area contributed by atoms with Crippen molar-refractivity contribution in [2.45, 2.75) is 13.8 Å². The zero-order chi connectivity index (χ0) is 9.07. The van der Waals surface area contributed by atoms with E-state index >= 15 is 0 Å². The molecule has 0 saturated carbocycles. The van der Waals surface area contributed by atoms with Gasteiger partial charge >= 0.3 is 0 Å². The van der Waals surface area contributed by atoms with Crippen molar-refractivity contribution >= 4 is 23.1 Å². The highest BCUT2D eigenvalue weighted by atomic mass is 32.1. The Morgan fingerprint density at radius 1 is 1.64 bits per heavy atom. The summed E-state index contributed by atoms with van der Waals surface area (Å²) < 4.78 is 0. The molecule has 0 fully saturated rings. The monoisotopic (exact) mass is 173 g/mol. The van der Waals surface area contributed by atoms with Crippen LogP contribution in [-0.4, -0.2) is 17.9 Å². The molecule has 0 aliphatic heterocycles. The number of nitrogens with two attached hydrogens (primary N) is 1. The van der Waals surface area contributed by atoms with Gasteiger partial charge in [-0.15, -0.1) is 0 Å². The van der Waals surface area contributed by atoms with Crippen LogP contribution in [0.1, 0.15) is 13.8 Å². The Kier molecular flexibility index (Phi) is 3.45. The summed E-state index contributed by atoms with van der Waals surface area (Å²) in [6.45, 7) is 3.44.